The molecule has 0 unspecified atom stereocenters. The van der Waals surface area contributed by atoms with E-state index in [1.165, 1.54) is 0 Å². The van der Waals surface area contributed by atoms with Crippen molar-refractivity contribution in [3.8, 4) is 0 Å². The Balaban J connectivity index is 2.23. The number of rotatable bonds is 8. The Kier molecular flexibility index (Phi) is 7.48. The van der Waals surface area contributed by atoms with E-state index >= 15 is 0 Å². The number of hydrogen-bond acceptors (Lipinski definition) is 4. The predicted octanol–water partition coefficient (Wildman–Crippen LogP) is 1.54. The molecule has 0 aliphatic heterocycles. The second-order valence-electron chi connectivity index (χ2n) is 3.67. The Labute approximate surface area is 112 Å². The SMILES string of the molecule is CSc1ccc(C(=O)NCCCOCCO)cc1. The van der Waals surface area contributed by atoms with Crippen molar-refractivity contribution in [1.29, 1.82) is 0 Å². The third-order valence-electron chi connectivity index (χ3n) is 2.34. The normalized spacial score (nSPS) is 10.3. The molecule has 0 saturated heterocycles. The maximum absolute atomic E-state index is 11.7. The zero-order chi connectivity index (χ0) is 13.2. The van der Waals surface area contributed by atoms with Crippen LogP contribution in [-0.2, 0) is 4.74 Å². The van der Waals surface area contributed by atoms with E-state index in [2.05, 4.69) is 5.32 Å². The van der Waals surface area contributed by atoms with Crippen molar-refractivity contribution in [2.45, 2.75) is 11.3 Å². The number of carbonyl (C=O) groups excluding carboxylic acids is 1. The van der Waals surface area contributed by atoms with E-state index in [1.54, 1.807) is 11.8 Å². The first-order chi connectivity index (χ1) is 8.77. The molecule has 0 radical (unpaired) electrons. The van der Waals surface area contributed by atoms with E-state index in [1.807, 2.05) is 30.5 Å². The number of hydrogen-bond donors (Lipinski definition) is 2. The zero-order valence-corrected chi connectivity index (χ0v) is 11.3. The van der Waals surface area contributed by atoms with Gasteiger partial charge in [0.05, 0.1) is 13.2 Å². The minimum atomic E-state index is -0.0650. The molecule has 1 aromatic rings. The third-order valence-corrected chi connectivity index (χ3v) is 3.08. The van der Waals surface area contributed by atoms with Crippen molar-refractivity contribution in [3.63, 3.8) is 0 Å². The summed E-state index contributed by atoms with van der Waals surface area (Å²) in [7, 11) is 0. The average molecular weight is 269 g/mol. The molecular weight excluding hydrogens is 250 g/mol. The molecule has 0 aliphatic carbocycles. The Morgan fingerprint density at radius 1 is 1.33 bits per heavy atom. The monoisotopic (exact) mass is 269 g/mol. The number of amides is 1. The fraction of sp³-hybridized carbons (Fsp3) is 0.462. The number of thioether (sulfide) groups is 1. The minimum Gasteiger partial charge on any atom is -0.394 e. The first-order valence-electron chi connectivity index (χ1n) is 5.88. The fourth-order valence-corrected chi connectivity index (χ4v) is 1.80. The molecule has 2 N–H and O–H groups in total. The van der Waals surface area contributed by atoms with E-state index in [-0.39, 0.29) is 12.5 Å². The molecule has 0 atom stereocenters. The van der Waals surface area contributed by atoms with Gasteiger partial charge in [0.25, 0.3) is 5.91 Å². The van der Waals surface area contributed by atoms with Gasteiger partial charge in [0.2, 0.25) is 0 Å². The van der Waals surface area contributed by atoms with E-state index in [4.69, 9.17) is 9.84 Å². The van der Waals surface area contributed by atoms with Gasteiger partial charge in [-0.05, 0) is 36.9 Å². The lowest BCUT2D eigenvalue weighted by Crippen LogP contribution is -2.25. The maximum atomic E-state index is 11.7. The zero-order valence-electron chi connectivity index (χ0n) is 10.5. The molecular formula is C13H19NO3S. The smallest absolute Gasteiger partial charge is 0.251 e. The van der Waals surface area contributed by atoms with Crippen molar-refractivity contribution in [1.82, 2.24) is 5.32 Å². The molecule has 0 heterocycles. The van der Waals surface area contributed by atoms with Crippen LogP contribution in [0.5, 0.6) is 0 Å². The summed E-state index contributed by atoms with van der Waals surface area (Å²) in [6.45, 7) is 1.51. The molecule has 1 aromatic carbocycles. The third kappa shape index (κ3) is 5.53. The standard InChI is InChI=1S/C13H19NO3S/c1-18-12-5-3-11(4-6-12)13(16)14-7-2-9-17-10-8-15/h3-6,15H,2,7-10H2,1H3,(H,14,16). The van der Waals surface area contributed by atoms with E-state index in [0.29, 0.717) is 25.3 Å². The quantitative estimate of drug-likeness (QED) is 0.555. The first-order valence-corrected chi connectivity index (χ1v) is 7.11. The van der Waals surface area contributed by atoms with Gasteiger partial charge < -0.3 is 15.2 Å². The van der Waals surface area contributed by atoms with Gasteiger partial charge in [0, 0.05) is 23.6 Å². The highest BCUT2D eigenvalue weighted by molar-refractivity contribution is 7.98. The van der Waals surface area contributed by atoms with Crippen LogP contribution < -0.4 is 5.32 Å². The van der Waals surface area contributed by atoms with Crippen LogP contribution in [0.1, 0.15) is 16.8 Å². The molecule has 0 spiro atoms. The van der Waals surface area contributed by atoms with Crippen LogP contribution in [0.4, 0.5) is 0 Å². The van der Waals surface area contributed by atoms with Gasteiger partial charge in [0.15, 0.2) is 0 Å². The lowest BCUT2D eigenvalue weighted by Gasteiger charge is -2.06. The highest BCUT2D eigenvalue weighted by atomic mass is 32.2. The Morgan fingerprint density at radius 2 is 2.06 bits per heavy atom. The molecule has 100 valence electrons. The maximum Gasteiger partial charge on any atom is 0.251 e. The lowest BCUT2D eigenvalue weighted by atomic mass is 10.2. The summed E-state index contributed by atoms with van der Waals surface area (Å²) in [6.07, 6.45) is 2.75. The molecule has 0 saturated carbocycles. The summed E-state index contributed by atoms with van der Waals surface area (Å²) >= 11 is 1.65. The molecule has 0 aliphatic rings. The van der Waals surface area contributed by atoms with Gasteiger partial charge >= 0.3 is 0 Å². The topological polar surface area (TPSA) is 58.6 Å². The van der Waals surface area contributed by atoms with Gasteiger partial charge in [-0.3, -0.25) is 4.79 Å². The molecule has 1 amide bonds. The van der Waals surface area contributed by atoms with Crippen molar-refractivity contribution in [2.75, 3.05) is 32.6 Å². The van der Waals surface area contributed by atoms with Crippen molar-refractivity contribution in [3.05, 3.63) is 29.8 Å². The van der Waals surface area contributed by atoms with Crippen molar-refractivity contribution < 1.29 is 14.6 Å². The van der Waals surface area contributed by atoms with Gasteiger partial charge in [-0.15, -0.1) is 11.8 Å². The molecule has 1 rings (SSSR count). The van der Waals surface area contributed by atoms with Gasteiger partial charge in [-0.1, -0.05) is 0 Å². The Morgan fingerprint density at radius 3 is 2.67 bits per heavy atom. The molecule has 5 heteroatoms. The summed E-state index contributed by atoms with van der Waals surface area (Å²) in [5.41, 5.74) is 0.670. The van der Waals surface area contributed by atoms with E-state index < -0.39 is 0 Å². The van der Waals surface area contributed by atoms with Crippen LogP contribution in [-0.4, -0.2) is 43.6 Å². The fourth-order valence-electron chi connectivity index (χ4n) is 1.39. The summed E-state index contributed by atoms with van der Waals surface area (Å²) in [4.78, 5) is 12.9. The number of nitrogens with one attached hydrogen (secondary N) is 1. The van der Waals surface area contributed by atoms with E-state index in [0.717, 1.165) is 11.3 Å². The van der Waals surface area contributed by atoms with Crippen LogP contribution >= 0.6 is 11.8 Å². The second kappa shape index (κ2) is 8.97. The van der Waals surface area contributed by atoms with Crippen LogP contribution in [0.25, 0.3) is 0 Å². The molecule has 18 heavy (non-hydrogen) atoms. The van der Waals surface area contributed by atoms with Gasteiger partial charge in [-0.2, -0.15) is 0 Å². The molecule has 0 bridgehead atoms. The second-order valence-corrected chi connectivity index (χ2v) is 4.55. The predicted molar refractivity (Wildman–Crippen MR) is 73.1 cm³/mol. The molecule has 4 nitrogen and oxygen atoms in total. The van der Waals surface area contributed by atoms with Gasteiger partial charge in [-0.25, -0.2) is 0 Å². The highest BCUT2D eigenvalue weighted by Crippen LogP contribution is 2.14. The number of ether oxygens (including phenoxy) is 1. The van der Waals surface area contributed by atoms with Crippen LogP contribution in [0.3, 0.4) is 0 Å². The first kappa shape index (κ1) is 15.0. The Bertz CT molecular complexity index is 354. The van der Waals surface area contributed by atoms with E-state index in [9.17, 15) is 4.79 Å². The summed E-state index contributed by atoms with van der Waals surface area (Å²) < 4.78 is 5.10. The summed E-state index contributed by atoms with van der Waals surface area (Å²) in [6, 6.07) is 7.51. The number of carbonyl (C=O) groups is 1. The number of benzene rings is 1. The van der Waals surface area contributed by atoms with Crippen molar-refractivity contribution >= 4 is 17.7 Å². The van der Waals surface area contributed by atoms with Crippen LogP contribution in [0.15, 0.2) is 29.2 Å². The minimum absolute atomic E-state index is 0.0359. The Hall–Kier alpha value is -1.04. The highest BCUT2D eigenvalue weighted by Gasteiger charge is 2.03. The lowest BCUT2D eigenvalue weighted by molar-refractivity contribution is 0.0867. The molecule has 0 aromatic heterocycles. The summed E-state index contributed by atoms with van der Waals surface area (Å²) in [5, 5.41) is 11.3. The molecule has 0 fully saturated rings. The van der Waals surface area contributed by atoms with Crippen LogP contribution in [0, 0.1) is 0 Å². The van der Waals surface area contributed by atoms with Crippen LogP contribution in [0.2, 0.25) is 0 Å². The largest absolute Gasteiger partial charge is 0.394 e. The summed E-state index contributed by atoms with van der Waals surface area (Å²) in [5.74, 6) is -0.0650. The van der Waals surface area contributed by atoms with Crippen molar-refractivity contribution in [2.24, 2.45) is 0 Å². The van der Waals surface area contributed by atoms with Gasteiger partial charge in [0.1, 0.15) is 0 Å². The number of aliphatic hydroxyl groups is 1. The number of aliphatic hydroxyl groups excluding tert-OH is 1. The average Bonchev–Trinajstić information content (AvgIpc) is 2.42.